The van der Waals surface area contributed by atoms with Crippen molar-refractivity contribution in [2.45, 2.75) is 13.8 Å². The number of aryl methyl sites for hydroxylation is 2. The van der Waals surface area contributed by atoms with Crippen molar-refractivity contribution < 1.29 is 4.79 Å². The van der Waals surface area contributed by atoms with Crippen LogP contribution in [0.2, 0.25) is 0 Å². The Morgan fingerprint density at radius 3 is 2.71 bits per heavy atom. The number of thiophene rings is 1. The van der Waals surface area contributed by atoms with Gasteiger partial charge in [-0.15, -0.1) is 11.3 Å². The SMILES string of the molecule is Cc1cc(C)c2c(C=O)c(Br)sc2c1. The van der Waals surface area contributed by atoms with E-state index in [1.165, 1.54) is 15.8 Å². The Hall–Kier alpha value is -0.670. The highest BCUT2D eigenvalue weighted by atomic mass is 79.9. The molecule has 0 radical (unpaired) electrons. The van der Waals surface area contributed by atoms with Crippen molar-refractivity contribution in [2.75, 3.05) is 0 Å². The van der Waals surface area contributed by atoms with Gasteiger partial charge in [0.25, 0.3) is 0 Å². The maximum atomic E-state index is 10.9. The first-order valence-corrected chi connectivity index (χ1v) is 5.89. The van der Waals surface area contributed by atoms with Crippen LogP contribution in [-0.4, -0.2) is 6.29 Å². The van der Waals surface area contributed by atoms with Gasteiger partial charge in [-0.05, 0) is 47.0 Å². The van der Waals surface area contributed by atoms with Gasteiger partial charge in [0.1, 0.15) is 0 Å². The van der Waals surface area contributed by atoms with Crippen LogP contribution in [0.15, 0.2) is 15.9 Å². The number of hydrogen-bond acceptors (Lipinski definition) is 2. The van der Waals surface area contributed by atoms with E-state index in [4.69, 9.17) is 0 Å². The predicted octanol–water partition coefficient (Wildman–Crippen LogP) is 4.09. The van der Waals surface area contributed by atoms with Crippen LogP contribution in [0.3, 0.4) is 0 Å². The Labute approximate surface area is 94.9 Å². The Bertz CT molecular complexity index is 513. The molecule has 1 aromatic heterocycles. The maximum absolute atomic E-state index is 10.9. The molecule has 0 N–H and O–H groups in total. The third-order valence-corrected chi connectivity index (χ3v) is 4.10. The van der Waals surface area contributed by atoms with E-state index in [-0.39, 0.29) is 0 Å². The molecule has 0 spiro atoms. The van der Waals surface area contributed by atoms with Crippen LogP contribution in [0.25, 0.3) is 10.1 Å². The number of halogens is 1. The summed E-state index contributed by atoms with van der Waals surface area (Å²) < 4.78 is 2.10. The van der Waals surface area contributed by atoms with Gasteiger partial charge in [-0.3, -0.25) is 4.79 Å². The molecule has 0 atom stereocenters. The predicted molar refractivity (Wildman–Crippen MR) is 64.4 cm³/mol. The molecular formula is C11H9BrOS. The molecule has 2 rings (SSSR count). The van der Waals surface area contributed by atoms with E-state index >= 15 is 0 Å². The summed E-state index contributed by atoms with van der Waals surface area (Å²) in [6.07, 6.45) is 0.922. The zero-order valence-corrected chi connectivity index (χ0v) is 10.3. The summed E-state index contributed by atoms with van der Waals surface area (Å²) >= 11 is 5.03. The van der Waals surface area contributed by atoms with Crippen LogP contribution in [0, 0.1) is 13.8 Å². The van der Waals surface area contributed by atoms with Gasteiger partial charge in [0.15, 0.2) is 6.29 Å². The van der Waals surface area contributed by atoms with Gasteiger partial charge in [0.05, 0.1) is 3.79 Å². The highest BCUT2D eigenvalue weighted by Crippen LogP contribution is 2.36. The average molecular weight is 269 g/mol. The fourth-order valence-electron chi connectivity index (χ4n) is 1.71. The summed E-state index contributed by atoms with van der Waals surface area (Å²) in [4.78, 5) is 10.9. The molecule has 1 heterocycles. The van der Waals surface area contributed by atoms with Crippen LogP contribution < -0.4 is 0 Å². The van der Waals surface area contributed by atoms with E-state index in [9.17, 15) is 4.79 Å². The van der Waals surface area contributed by atoms with Gasteiger partial charge in [-0.2, -0.15) is 0 Å². The molecule has 1 aromatic carbocycles. The van der Waals surface area contributed by atoms with Gasteiger partial charge in [0.2, 0.25) is 0 Å². The maximum Gasteiger partial charge on any atom is 0.152 e. The smallest absolute Gasteiger partial charge is 0.152 e. The van der Waals surface area contributed by atoms with Crippen molar-refractivity contribution in [3.8, 4) is 0 Å². The van der Waals surface area contributed by atoms with Crippen LogP contribution >= 0.6 is 27.3 Å². The number of carbonyl (C=O) groups excluding carboxylic acids is 1. The Balaban J connectivity index is 2.95. The minimum absolute atomic E-state index is 0.780. The number of benzene rings is 1. The fraction of sp³-hybridized carbons (Fsp3) is 0.182. The summed E-state index contributed by atoms with van der Waals surface area (Å²) in [5.74, 6) is 0. The van der Waals surface area contributed by atoms with Crippen LogP contribution in [0.4, 0.5) is 0 Å². The first-order valence-electron chi connectivity index (χ1n) is 4.28. The van der Waals surface area contributed by atoms with E-state index in [0.717, 1.165) is 21.0 Å². The summed E-state index contributed by atoms with van der Waals surface area (Å²) in [5, 5.41) is 1.09. The van der Waals surface area contributed by atoms with Crippen LogP contribution in [0.5, 0.6) is 0 Å². The summed E-state index contributed by atoms with van der Waals surface area (Å²) in [6, 6.07) is 4.22. The third kappa shape index (κ3) is 1.41. The topological polar surface area (TPSA) is 17.1 Å². The zero-order valence-electron chi connectivity index (χ0n) is 7.93. The molecule has 0 bridgehead atoms. The van der Waals surface area contributed by atoms with Crippen LogP contribution in [-0.2, 0) is 0 Å². The van der Waals surface area contributed by atoms with Crippen molar-refractivity contribution in [2.24, 2.45) is 0 Å². The minimum atomic E-state index is 0.780. The lowest BCUT2D eigenvalue weighted by atomic mass is 10.1. The normalized spacial score (nSPS) is 10.8. The standard InChI is InChI=1S/C11H9BrOS/c1-6-3-7(2)10-8(5-13)11(12)14-9(10)4-6/h3-5H,1-2H3. The lowest BCUT2D eigenvalue weighted by Gasteiger charge is -1.99. The van der Waals surface area contributed by atoms with Crippen molar-refractivity contribution >= 4 is 43.6 Å². The van der Waals surface area contributed by atoms with Crippen molar-refractivity contribution in [3.63, 3.8) is 0 Å². The van der Waals surface area contributed by atoms with Gasteiger partial charge in [0, 0.05) is 15.6 Å². The second-order valence-electron chi connectivity index (χ2n) is 3.36. The van der Waals surface area contributed by atoms with E-state index in [0.29, 0.717) is 0 Å². The first kappa shape index (κ1) is 9.87. The minimum Gasteiger partial charge on any atom is -0.298 e. The van der Waals surface area contributed by atoms with Crippen molar-refractivity contribution in [3.05, 3.63) is 32.6 Å². The quantitative estimate of drug-likeness (QED) is 0.712. The molecule has 0 aliphatic heterocycles. The number of fused-ring (bicyclic) bond motifs is 1. The molecule has 0 amide bonds. The van der Waals surface area contributed by atoms with Gasteiger partial charge in [-0.1, -0.05) is 6.07 Å². The fourth-order valence-corrected chi connectivity index (χ4v) is 3.60. The summed E-state index contributed by atoms with van der Waals surface area (Å²) in [6.45, 7) is 4.11. The Kier molecular flexibility index (Phi) is 2.45. The third-order valence-electron chi connectivity index (χ3n) is 2.24. The number of rotatable bonds is 1. The monoisotopic (exact) mass is 268 g/mol. The molecule has 72 valence electrons. The molecule has 1 nitrogen and oxygen atoms in total. The summed E-state index contributed by atoms with van der Waals surface area (Å²) in [7, 11) is 0. The highest BCUT2D eigenvalue weighted by molar-refractivity contribution is 9.11. The summed E-state index contributed by atoms with van der Waals surface area (Å²) in [5.41, 5.74) is 3.19. The largest absolute Gasteiger partial charge is 0.298 e. The second-order valence-corrected chi connectivity index (χ2v) is 5.73. The molecule has 0 fully saturated rings. The van der Waals surface area contributed by atoms with Gasteiger partial charge < -0.3 is 0 Å². The molecule has 3 heteroatoms. The number of carbonyl (C=O) groups is 1. The highest BCUT2D eigenvalue weighted by Gasteiger charge is 2.11. The molecule has 0 aliphatic carbocycles. The molecule has 14 heavy (non-hydrogen) atoms. The molecule has 0 unspecified atom stereocenters. The molecule has 0 aliphatic rings. The van der Waals surface area contributed by atoms with E-state index in [1.807, 2.05) is 6.92 Å². The number of hydrogen-bond donors (Lipinski definition) is 0. The van der Waals surface area contributed by atoms with Crippen LogP contribution in [0.1, 0.15) is 21.5 Å². The second kappa shape index (κ2) is 3.48. The zero-order chi connectivity index (χ0) is 10.3. The lowest BCUT2D eigenvalue weighted by Crippen LogP contribution is -1.82. The molecular weight excluding hydrogens is 260 g/mol. The molecule has 0 saturated carbocycles. The van der Waals surface area contributed by atoms with E-state index in [2.05, 4.69) is 35.0 Å². The number of aldehydes is 1. The average Bonchev–Trinajstić information content (AvgIpc) is 2.40. The molecule has 2 aromatic rings. The lowest BCUT2D eigenvalue weighted by molar-refractivity contribution is 0.112. The van der Waals surface area contributed by atoms with Gasteiger partial charge in [-0.25, -0.2) is 0 Å². The van der Waals surface area contributed by atoms with Crippen molar-refractivity contribution in [1.29, 1.82) is 0 Å². The Morgan fingerprint density at radius 1 is 1.36 bits per heavy atom. The van der Waals surface area contributed by atoms with E-state index < -0.39 is 0 Å². The first-order chi connectivity index (χ1) is 6.63. The Morgan fingerprint density at radius 2 is 2.07 bits per heavy atom. The van der Waals surface area contributed by atoms with E-state index in [1.54, 1.807) is 11.3 Å². The van der Waals surface area contributed by atoms with Crippen molar-refractivity contribution in [1.82, 2.24) is 0 Å². The molecule has 0 saturated heterocycles. The van der Waals surface area contributed by atoms with Gasteiger partial charge >= 0.3 is 0 Å².